The molecule has 0 saturated carbocycles. The van der Waals surface area contributed by atoms with Gasteiger partial charge in [0.1, 0.15) is 6.04 Å². The zero-order chi connectivity index (χ0) is 40.5. The van der Waals surface area contributed by atoms with E-state index in [1.54, 1.807) is 12.1 Å². The second-order valence-corrected chi connectivity index (χ2v) is 17.2. The Balaban J connectivity index is 0.799. The molecular formula is C45H50N8O5. The van der Waals surface area contributed by atoms with Gasteiger partial charge < -0.3 is 25.3 Å². The highest BCUT2D eigenvalue weighted by molar-refractivity contribution is 6.08. The number of fused-ring (bicyclic) bond motifs is 5. The molecule has 58 heavy (non-hydrogen) atoms. The van der Waals surface area contributed by atoms with Crippen LogP contribution in [0.15, 0.2) is 48.5 Å². The van der Waals surface area contributed by atoms with Gasteiger partial charge in [-0.2, -0.15) is 5.26 Å². The highest BCUT2D eigenvalue weighted by atomic mass is 16.2. The molecule has 3 atom stereocenters. The summed E-state index contributed by atoms with van der Waals surface area (Å²) in [6.07, 6.45) is 3.38. The van der Waals surface area contributed by atoms with Crippen LogP contribution in [-0.2, 0) is 32.8 Å². The van der Waals surface area contributed by atoms with Crippen molar-refractivity contribution in [3.63, 3.8) is 0 Å². The lowest BCUT2D eigenvalue weighted by atomic mass is 9.63. The zero-order valence-corrected chi connectivity index (χ0v) is 33.4. The molecule has 0 spiro atoms. The van der Waals surface area contributed by atoms with Crippen LogP contribution in [0.5, 0.6) is 0 Å². The molecular weight excluding hydrogens is 733 g/mol. The first-order valence-electron chi connectivity index (χ1n) is 20.8. The van der Waals surface area contributed by atoms with E-state index in [9.17, 15) is 29.2 Å². The van der Waals surface area contributed by atoms with E-state index in [0.29, 0.717) is 42.4 Å². The van der Waals surface area contributed by atoms with Crippen LogP contribution >= 0.6 is 0 Å². The van der Waals surface area contributed by atoms with Crippen LogP contribution in [0.2, 0.25) is 0 Å². The van der Waals surface area contributed by atoms with Gasteiger partial charge in [0.15, 0.2) is 5.78 Å². The van der Waals surface area contributed by atoms with Gasteiger partial charge in [-0.05, 0) is 78.8 Å². The molecule has 5 aliphatic heterocycles. The fourth-order valence-electron chi connectivity index (χ4n) is 10.5. The third-order valence-corrected chi connectivity index (χ3v) is 13.8. The van der Waals surface area contributed by atoms with Crippen LogP contribution in [-0.4, -0.2) is 108 Å². The number of rotatable bonds is 7. The molecule has 6 aliphatic rings. The number of imide groups is 1. The Morgan fingerprint density at radius 2 is 1.72 bits per heavy atom. The number of nitriles is 1. The van der Waals surface area contributed by atoms with Crippen molar-refractivity contribution in [3.05, 3.63) is 87.5 Å². The average molecular weight is 783 g/mol. The Morgan fingerprint density at radius 3 is 2.45 bits per heavy atom. The first kappa shape index (κ1) is 37.8. The van der Waals surface area contributed by atoms with Crippen molar-refractivity contribution in [2.45, 2.75) is 88.9 Å². The lowest BCUT2D eigenvalue weighted by Crippen LogP contribution is -2.55. The van der Waals surface area contributed by atoms with E-state index in [2.05, 4.69) is 64.7 Å². The summed E-state index contributed by atoms with van der Waals surface area (Å²) in [6, 6.07) is 17.3. The van der Waals surface area contributed by atoms with Crippen molar-refractivity contribution in [1.29, 1.82) is 5.26 Å². The summed E-state index contributed by atoms with van der Waals surface area (Å²) in [6.45, 7) is 11.8. The third kappa shape index (κ3) is 6.29. The second kappa shape index (κ2) is 14.6. The van der Waals surface area contributed by atoms with E-state index in [1.807, 2.05) is 29.2 Å². The van der Waals surface area contributed by atoms with Gasteiger partial charge in [-0.15, -0.1) is 0 Å². The number of benzene rings is 3. The van der Waals surface area contributed by atoms with Crippen LogP contribution in [0.1, 0.15) is 101 Å². The number of ketones is 1. The topological polar surface area (TPSA) is 158 Å². The monoisotopic (exact) mass is 782 g/mol. The summed E-state index contributed by atoms with van der Waals surface area (Å²) in [5.41, 5.74) is 8.46. The molecule has 3 N–H and O–H groups in total. The van der Waals surface area contributed by atoms with Gasteiger partial charge in [0.25, 0.3) is 5.91 Å². The van der Waals surface area contributed by atoms with Crippen molar-refractivity contribution in [2.75, 3.05) is 61.3 Å². The predicted octanol–water partition coefficient (Wildman–Crippen LogP) is 4.16. The molecule has 3 saturated heterocycles. The second-order valence-electron chi connectivity index (χ2n) is 17.2. The van der Waals surface area contributed by atoms with E-state index in [4.69, 9.17) is 0 Å². The SMILES string of the molecule is CCc1cc2c(cc1N1CCC(N3CCN(C(=O)CNc4cccc5c4CN(C4CCC(=O)NC4=O)C5=O)CC3)CC1)C(C)(C)C1Nc3cc(C#N)ccc3C1C2=O. The molecule has 300 valence electrons. The molecule has 0 radical (unpaired) electrons. The van der Waals surface area contributed by atoms with Crippen LogP contribution < -0.4 is 20.9 Å². The molecule has 13 nitrogen and oxygen atoms in total. The van der Waals surface area contributed by atoms with Gasteiger partial charge in [0, 0.05) is 103 Å². The number of piperazine rings is 1. The molecule has 13 heteroatoms. The van der Waals surface area contributed by atoms with Gasteiger partial charge in [-0.3, -0.25) is 34.2 Å². The average Bonchev–Trinajstić information content (AvgIpc) is 3.80. The quantitative estimate of drug-likeness (QED) is 0.298. The minimum Gasteiger partial charge on any atom is -0.380 e. The third-order valence-electron chi connectivity index (χ3n) is 13.8. The molecule has 3 aromatic rings. The Labute approximate surface area is 338 Å². The van der Waals surface area contributed by atoms with Gasteiger partial charge >= 0.3 is 0 Å². The maximum atomic E-state index is 14.2. The minimum absolute atomic E-state index is 0.00857. The van der Waals surface area contributed by atoms with Crippen LogP contribution in [0, 0.1) is 11.3 Å². The normalized spacial score (nSPS) is 24.0. The number of amides is 4. The number of nitrogens with one attached hydrogen (secondary N) is 3. The molecule has 4 amide bonds. The van der Waals surface area contributed by atoms with Crippen molar-refractivity contribution >= 4 is 46.5 Å². The van der Waals surface area contributed by atoms with Crippen molar-refractivity contribution in [2.24, 2.45) is 0 Å². The summed E-state index contributed by atoms with van der Waals surface area (Å²) in [5.74, 6) is -1.12. The minimum atomic E-state index is -0.689. The fourth-order valence-corrected chi connectivity index (χ4v) is 10.5. The summed E-state index contributed by atoms with van der Waals surface area (Å²) < 4.78 is 0. The number of nitrogens with zero attached hydrogens (tertiary/aromatic N) is 5. The van der Waals surface area contributed by atoms with Crippen LogP contribution in [0.3, 0.4) is 0 Å². The van der Waals surface area contributed by atoms with E-state index >= 15 is 0 Å². The summed E-state index contributed by atoms with van der Waals surface area (Å²) in [7, 11) is 0. The van der Waals surface area contributed by atoms with E-state index < -0.39 is 11.9 Å². The van der Waals surface area contributed by atoms with Crippen LogP contribution in [0.4, 0.5) is 17.1 Å². The number of anilines is 3. The smallest absolute Gasteiger partial charge is 0.255 e. The summed E-state index contributed by atoms with van der Waals surface area (Å²) in [4.78, 5) is 73.5. The number of aryl methyl sites for hydroxylation is 1. The first-order chi connectivity index (χ1) is 28.0. The maximum absolute atomic E-state index is 14.2. The lowest BCUT2D eigenvalue weighted by molar-refractivity contribution is -0.137. The number of piperidine rings is 2. The van der Waals surface area contributed by atoms with Crippen molar-refractivity contribution < 1.29 is 24.0 Å². The molecule has 0 aromatic heterocycles. The Morgan fingerprint density at radius 1 is 0.948 bits per heavy atom. The summed E-state index contributed by atoms with van der Waals surface area (Å²) >= 11 is 0. The molecule has 1 aliphatic carbocycles. The molecule has 9 rings (SSSR count). The van der Waals surface area contributed by atoms with Gasteiger partial charge in [-0.25, -0.2) is 0 Å². The largest absolute Gasteiger partial charge is 0.380 e. The molecule has 3 fully saturated rings. The van der Waals surface area contributed by atoms with Gasteiger partial charge in [0.05, 0.1) is 24.1 Å². The fraction of sp³-hybridized carbons (Fsp3) is 0.467. The van der Waals surface area contributed by atoms with Crippen molar-refractivity contribution in [1.82, 2.24) is 20.0 Å². The molecule has 0 bridgehead atoms. The Bertz CT molecular complexity index is 2280. The number of Topliss-reactive ketones (excluding diaryl/α,β-unsaturated/α-hetero) is 1. The van der Waals surface area contributed by atoms with Gasteiger partial charge in [0.2, 0.25) is 17.7 Å². The van der Waals surface area contributed by atoms with E-state index in [0.717, 1.165) is 73.4 Å². The standard InChI is InChI=1S/C45H50N8O5/c1-4-27-21-31-33(45(2,3)42-40(41(31)56)30-9-8-26(23-46)20-35(30)48-42)22-37(27)51-14-12-28(13-15-51)50-16-18-52(19-17-50)39(55)24-47-34-7-5-6-29-32(34)25-53(44(29)58)36-10-11-38(54)49-43(36)57/h5-9,20-22,28,36,40,42,47-48H,4,10-19,24-25H2,1-3H3,(H,49,54,57). The van der Waals surface area contributed by atoms with Gasteiger partial charge in [-0.1, -0.05) is 32.9 Å². The summed E-state index contributed by atoms with van der Waals surface area (Å²) in [5, 5.41) is 18.8. The number of carbonyl (C=O) groups is 5. The molecule has 3 aromatic carbocycles. The molecule has 5 heterocycles. The lowest BCUT2D eigenvalue weighted by Gasteiger charge is -2.45. The predicted molar refractivity (Wildman–Crippen MR) is 219 cm³/mol. The number of hydrogen-bond donors (Lipinski definition) is 3. The first-order valence-corrected chi connectivity index (χ1v) is 20.8. The van der Waals surface area contributed by atoms with E-state index in [1.165, 1.54) is 16.2 Å². The van der Waals surface area contributed by atoms with Crippen LogP contribution in [0.25, 0.3) is 0 Å². The highest BCUT2D eigenvalue weighted by Crippen LogP contribution is 2.52. The molecule has 3 unspecified atom stereocenters. The number of hydrogen-bond acceptors (Lipinski definition) is 10. The Hall–Kier alpha value is -5.74. The van der Waals surface area contributed by atoms with Crippen molar-refractivity contribution in [3.8, 4) is 6.07 Å². The number of carbonyl (C=O) groups excluding carboxylic acids is 5. The maximum Gasteiger partial charge on any atom is 0.255 e. The highest BCUT2D eigenvalue weighted by Gasteiger charge is 2.52. The Kier molecular flexibility index (Phi) is 9.50. The zero-order valence-electron chi connectivity index (χ0n) is 33.4. The van der Waals surface area contributed by atoms with E-state index in [-0.39, 0.29) is 60.4 Å².